The molecule has 0 bridgehead atoms. The van der Waals surface area contributed by atoms with Crippen molar-refractivity contribution in [3.8, 4) is 17.2 Å². The van der Waals surface area contributed by atoms with Gasteiger partial charge in [0.25, 0.3) is 5.91 Å². The lowest BCUT2D eigenvalue weighted by Gasteiger charge is -2.07. The molecule has 5 nitrogen and oxygen atoms in total. The van der Waals surface area contributed by atoms with Gasteiger partial charge in [-0.1, -0.05) is 0 Å². The first-order chi connectivity index (χ1) is 8.56. The van der Waals surface area contributed by atoms with Gasteiger partial charge in [0, 0.05) is 11.6 Å². The van der Waals surface area contributed by atoms with Crippen LogP contribution in [0.4, 0.5) is 5.69 Å². The molecular formula is C13H11NO4. The number of benzene rings is 2. The average Bonchev–Trinajstić information content (AvgIpc) is 2.33. The smallest absolute Gasteiger partial charge is 0.255 e. The highest BCUT2D eigenvalue weighted by molar-refractivity contribution is 6.05. The average molecular weight is 245 g/mol. The molecule has 0 heterocycles. The van der Waals surface area contributed by atoms with Gasteiger partial charge in [0.05, 0.1) is 5.69 Å². The summed E-state index contributed by atoms with van der Waals surface area (Å²) in [6, 6.07) is 9.59. The van der Waals surface area contributed by atoms with Crippen LogP contribution in [-0.4, -0.2) is 21.2 Å². The van der Waals surface area contributed by atoms with Crippen molar-refractivity contribution < 1.29 is 20.1 Å². The highest BCUT2D eigenvalue weighted by Gasteiger charge is 2.09. The van der Waals surface area contributed by atoms with Crippen molar-refractivity contribution in [1.29, 1.82) is 0 Å². The first kappa shape index (κ1) is 11.8. The third kappa shape index (κ3) is 2.52. The summed E-state index contributed by atoms with van der Waals surface area (Å²) in [4.78, 5) is 11.8. The molecule has 0 unspecified atom stereocenters. The maximum atomic E-state index is 11.8. The van der Waals surface area contributed by atoms with E-state index in [-0.39, 0.29) is 22.9 Å². The zero-order valence-electron chi connectivity index (χ0n) is 9.29. The Labute approximate surface area is 103 Å². The lowest BCUT2D eigenvalue weighted by atomic mass is 10.2. The minimum atomic E-state index is -0.420. The van der Waals surface area contributed by atoms with Gasteiger partial charge in [-0.25, -0.2) is 0 Å². The van der Waals surface area contributed by atoms with E-state index < -0.39 is 5.91 Å². The van der Waals surface area contributed by atoms with Crippen LogP contribution in [-0.2, 0) is 0 Å². The van der Waals surface area contributed by atoms with E-state index >= 15 is 0 Å². The van der Waals surface area contributed by atoms with E-state index in [2.05, 4.69) is 5.32 Å². The molecule has 0 fully saturated rings. The molecule has 0 radical (unpaired) electrons. The van der Waals surface area contributed by atoms with Crippen LogP contribution in [0.2, 0.25) is 0 Å². The van der Waals surface area contributed by atoms with Gasteiger partial charge in [-0.05, 0) is 36.4 Å². The second kappa shape index (κ2) is 4.67. The zero-order chi connectivity index (χ0) is 13.1. The van der Waals surface area contributed by atoms with Crippen LogP contribution in [0.5, 0.6) is 17.2 Å². The Hall–Kier alpha value is -2.69. The summed E-state index contributed by atoms with van der Waals surface area (Å²) >= 11 is 0. The van der Waals surface area contributed by atoms with Crippen LogP contribution in [0.1, 0.15) is 10.4 Å². The molecule has 0 atom stereocenters. The summed E-state index contributed by atoms with van der Waals surface area (Å²) in [5, 5.41) is 30.2. The van der Waals surface area contributed by atoms with E-state index in [1.165, 1.54) is 36.4 Å². The molecule has 4 N–H and O–H groups in total. The van der Waals surface area contributed by atoms with Crippen LogP contribution >= 0.6 is 0 Å². The Balaban J connectivity index is 2.18. The van der Waals surface area contributed by atoms with E-state index in [1.807, 2.05) is 0 Å². The Morgan fingerprint density at radius 1 is 0.889 bits per heavy atom. The summed E-state index contributed by atoms with van der Waals surface area (Å²) in [5.74, 6) is -0.660. The zero-order valence-corrected chi connectivity index (χ0v) is 9.29. The van der Waals surface area contributed by atoms with Crippen molar-refractivity contribution in [2.24, 2.45) is 0 Å². The van der Waals surface area contributed by atoms with E-state index in [0.717, 1.165) is 6.07 Å². The van der Waals surface area contributed by atoms with Crippen molar-refractivity contribution in [1.82, 2.24) is 0 Å². The second-order valence-corrected chi connectivity index (χ2v) is 3.70. The maximum absolute atomic E-state index is 11.8. The van der Waals surface area contributed by atoms with Crippen LogP contribution in [0.25, 0.3) is 0 Å². The number of hydrogen-bond acceptors (Lipinski definition) is 4. The molecule has 2 aromatic rings. The predicted octanol–water partition coefficient (Wildman–Crippen LogP) is 2.06. The van der Waals surface area contributed by atoms with Gasteiger partial charge in [-0.2, -0.15) is 0 Å². The number of carbonyl (C=O) groups is 1. The number of phenolic OH excluding ortho intramolecular Hbond substituents is 3. The minimum Gasteiger partial charge on any atom is -0.508 e. The SMILES string of the molecule is O=C(Nc1ccc(O)cc1O)c1ccc(O)cc1. The first-order valence-electron chi connectivity index (χ1n) is 5.18. The molecule has 0 saturated carbocycles. The lowest BCUT2D eigenvalue weighted by molar-refractivity contribution is 0.102. The van der Waals surface area contributed by atoms with Gasteiger partial charge in [0.15, 0.2) is 0 Å². The molecule has 92 valence electrons. The number of anilines is 1. The molecule has 0 spiro atoms. The first-order valence-corrected chi connectivity index (χ1v) is 5.18. The Bertz CT molecular complexity index is 578. The molecule has 0 aliphatic rings. The van der Waals surface area contributed by atoms with Crippen molar-refractivity contribution in [3.05, 3.63) is 48.0 Å². The van der Waals surface area contributed by atoms with E-state index in [4.69, 9.17) is 10.2 Å². The summed E-state index contributed by atoms with van der Waals surface area (Å²) in [5.41, 5.74) is 0.547. The predicted molar refractivity (Wildman–Crippen MR) is 65.8 cm³/mol. The number of rotatable bonds is 2. The third-order valence-corrected chi connectivity index (χ3v) is 2.36. The van der Waals surface area contributed by atoms with Gasteiger partial charge in [0.2, 0.25) is 0 Å². The summed E-state index contributed by atoms with van der Waals surface area (Å²) < 4.78 is 0. The Kier molecular flexibility index (Phi) is 3.05. The summed E-state index contributed by atoms with van der Waals surface area (Å²) in [6.45, 7) is 0. The topological polar surface area (TPSA) is 89.8 Å². The molecular weight excluding hydrogens is 234 g/mol. The fourth-order valence-corrected chi connectivity index (χ4v) is 1.43. The normalized spacial score (nSPS) is 10.0. The number of amides is 1. The van der Waals surface area contributed by atoms with Crippen molar-refractivity contribution >= 4 is 11.6 Å². The highest BCUT2D eigenvalue weighted by Crippen LogP contribution is 2.27. The van der Waals surface area contributed by atoms with Crippen molar-refractivity contribution in [2.45, 2.75) is 0 Å². The van der Waals surface area contributed by atoms with Gasteiger partial charge >= 0.3 is 0 Å². The lowest BCUT2D eigenvalue weighted by Crippen LogP contribution is -2.11. The molecule has 0 aliphatic heterocycles. The number of aromatic hydroxyl groups is 3. The van der Waals surface area contributed by atoms with Gasteiger partial charge in [-0.15, -0.1) is 0 Å². The van der Waals surface area contributed by atoms with E-state index in [9.17, 15) is 9.90 Å². The van der Waals surface area contributed by atoms with Crippen LogP contribution in [0.15, 0.2) is 42.5 Å². The molecule has 18 heavy (non-hydrogen) atoms. The molecule has 0 aliphatic carbocycles. The molecule has 0 aromatic heterocycles. The van der Waals surface area contributed by atoms with Crippen molar-refractivity contribution in [3.63, 3.8) is 0 Å². The number of nitrogens with one attached hydrogen (secondary N) is 1. The number of phenols is 3. The largest absolute Gasteiger partial charge is 0.508 e. The van der Waals surface area contributed by atoms with Crippen LogP contribution in [0, 0.1) is 0 Å². The second-order valence-electron chi connectivity index (χ2n) is 3.70. The molecule has 2 rings (SSSR count). The Morgan fingerprint density at radius 3 is 2.11 bits per heavy atom. The highest BCUT2D eigenvalue weighted by atomic mass is 16.3. The van der Waals surface area contributed by atoms with E-state index in [0.29, 0.717) is 5.56 Å². The quantitative estimate of drug-likeness (QED) is 0.481. The van der Waals surface area contributed by atoms with E-state index in [1.54, 1.807) is 0 Å². The molecule has 2 aromatic carbocycles. The van der Waals surface area contributed by atoms with Gasteiger partial charge < -0.3 is 20.6 Å². The fraction of sp³-hybridized carbons (Fsp3) is 0. The summed E-state index contributed by atoms with van der Waals surface area (Å²) in [7, 11) is 0. The number of hydrogen-bond donors (Lipinski definition) is 4. The molecule has 0 saturated heterocycles. The third-order valence-electron chi connectivity index (χ3n) is 2.36. The van der Waals surface area contributed by atoms with Crippen LogP contribution < -0.4 is 5.32 Å². The summed E-state index contributed by atoms with van der Waals surface area (Å²) in [6.07, 6.45) is 0. The molecule has 1 amide bonds. The van der Waals surface area contributed by atoms with Crippen molar-refractivity contribution in [2.75, 3.05) is 5.32 Å². The standard InChI is InChI=1S/C13H11NO4/c15-9-3-1-8(2-4-9)13(18)14-11-6-5-10(16)7-12(11)17/h1-7,15-17H,(H,14,18). The van der Waals surface area contributed by atoms with Gasteiger partial charge in [0.1, 0.15) is 17.2 Å². The monoisotopic (exact) mass is 245 g/mol. The Morgan fingerprint density at radius 2 is 1.50 bits per heavy atom. The van der Waals surface area contributed by atoms with Crippen LogP contribution in [0.3, 0.4) is 0 Å². The minimum absolute atomic E-state index is 0.0685. The van der Waals surface area contributed by atoms with Gasteiger partial charge in [-0.3, -0.25) is 4.79 Å². The molecule has 5 heteroatoms. The maximum Gasteiger partial charge on any atom is 0.255 e. The fourth-order valence-electron chi connectivity index (χ4n) is 1.43. The number of carbonyl (C=O) groups excluding carboxylic acids is 1.